The maximum absolute atomic E-state index is 9.15. The SMILES string of the molecule is CCCCN(CCO)Cc1cn[nH]c1-c1cccs1. The lowest BCUT2D eigenvalue weighted by Gasteiger charge is -2.20. The summed E-state index contributed by atoms with van der Waals surface area (Å²) in [5, 5.41) is 18.5. The van der Waals surface area contributed by atoms with Crippen molar-refractivity contribution in [3.8, 4) is 10.6 Å². The Morgan fingerprint density at radius 2 is 2.32 bits per heavy atom. The van der Waals surface area contributed by atoms with Crippen LogP contribution in [-0.4, -0.2) is 39.9 Å². The van der Waals surface area contributed by atoms with Gasteiger partial charge in [-0.15, -0.1) is 11.3 Å². The first-order valence-corrected chi connectivity index (χ1v) is 7.62. The van der Waals surface area contributed by atoms with Crippen LogP contribution < -0.4 is 0 Å². The number of unbranched alkanes of at least 4 members (excludes halogenated alkanes) is 1. The van der Waals surface area contributed by atoms with Crippen LogP contribution in [0.2, 0.25) is 0 Å². The van der Waals surface area contributed by atoms with E-state index in [-0.39, 0.29) is 6.61 Å². The van der Waals surface area contributed by atoms with Crippen LogP contribution in [0.5, 0.6) is 0 Å². The molecule has 0 aliphatic carbocycles. The molecule has 0 saturated carbocycles. The number of aliphatic hydroxyl groups excluding tert-OH is 1. The van der Waals surface area contributed by atoms with Crippen molar-refractivity contribution in [2.75, 3.05) is 19.7 Å². The van der Waals surface area contributed by atoms with Crippen LogP contribution in [0.4, 0.5) is 0 Å². The highest BCUT2D eigenvalue weighted by Gasteiger charge is 2.12. The predicted molar refractivity (Wildman–Crippen MR) is 79.2 cm³/mol. The maximum atomic E-state index is 9.15. The summed E-state index contributed by atoms with van der Waals surface area (Å²) in [6.45, 7) is 4.97. The minimum atomic E-state index is 0.204. The lowest BCUT2D eigenvalue weighted by Crippen LogP contribution is -2.27. The number of nitrogens with zero attached hydrogens (tertiary/aromatic N) is 2. The summed E-state index contributed by atoms with van der Waals surface area (Å²) in [5.74, 6) is 0. The third-order valence-electron chi connectivity index (χ3n) is 3.12. The number of H-pyrrole nitrogens is 1. The van der Waals surface area contributed by atoms with E-state index in [0.717, 1.165) is 31.7 Å². The first-order chi connectivity index (χ1) is 9.35. The van der Waals surface area contributed by atoms with Crippen molar-refractivity contribution in [1.29, 1.82) is 0 Å². The van der Waals surface area contributed by atoms with E-state index in [9.17, 15) is 0 Å². The second kappa shape index (κ2) is 7.43. The van der Waals surface area contributed by atoms with Gasteiger partial charge < -0.3 is 5.11 Å². The van der Waals surface area contributed by atoms with E-state index >= 15 is 0 Å². The third kappa shape index (κ3) is 3.89. The number of aromatic nitrogens is 2. The van der Waals surface area contributed by atoms with Gasteiger partial charge in [-0.3, -0.25) is 10.00 Å². The van der Waals surface area contributed by atoms with Crippen LogP contribution in [-0.2, 0) is 6.54 Å². The van der Waals surface area contributed by atoms with E-state index in [0.29, 0.717) is 0 Å². The van der Waals surface area contributed by atoms with Crippen LogP contribution in [0, 0.1) is 0 Å². The Balaban J connectivity index is 2.06. The molecule has 0 fully saturated rings. The zero-order valence-electron chi connectivity index (χ0n) is 11.3. The Hall–Kier alpha value is -1.17. The number of nitrogens with one attached hydrogen (secondary N) is 1. The van der Waals surface area contributed by atoms with E-state index in [1.165, 1.54) is 16.9 Å². The first-order valence-electron chi connectivity index (χ1n) is 6.74. The Bertz CT molecular complexity index is 467. The third-order valence-corrected chi connectivity index (χ3v) is 4.01. The van der Waals surface area contributed by atoms with E-state index < -0.39 is 0 Å². The first kappa shape index (κ1) is 14.2. The zero-order valence-corrected chi connectivity index (χ0v) is 12.1. The second-order valence-corrected chi connectivity index (χ2v) is 5.55. The number of thiophene rings is 1. The van der Waals surface area contributed by atoms with Crippen molar-refractivity contribution >= 4 is 11.3 Å². The van der Waals surface area contributed by atoms with Crippen LogP contribution in [0.3, 0.4) is 0 Å². The molecule has 0 bridgehead atoms. The largest absolute Gasteiger partial charge is 0.395 e. The Kier molecular flexibility index (Phi) is 5.57. The molecule has 0 aliphatic rings. The molecule has 2 N–H and O–H groups in total. The van der Waals surface area contributed by atoms with Crippen molar-refractivity contribution in [2.24, 2.45) is 0 Å². The number of hydrogen-bond acceptors (Lipinski definition) is 4. The highest BCUT2D eigenvalue weighted by atomic mass is 32.1. The molecular formula is C14H21N3OS. The molecule has 104 valence electrons. The summed E-state index contributed by atoms with van der Waals surface area (Å²) in [6, 6.07) is 4.15. The molecule has 0 aliphatic heterocycles. The highest BCUT2D eigenvalue weighted by molar-refractivity contribution is 7.13. The molecule has 5 heteroatoms. The molecule has 2 heterocycles. The smallest absolute Gasteiger partial charge is 0.0794 e. The summed E-state index contributed by atoms with van der Waals surface area (Å²) in [5.41, 5.74) is 2.31. The van der Waals surface area contributed by atoms with Crippen molar-refractivity contribution < 1.29 is 5.11 Å². The van der Waals surface area contributed by atoms with Gasteiger partial charge in [0.05, 0.1) is 23.4 Å². The number of rotatable bonds is 8. The summed E-state index contributed by atoms with van der Waals surface area (Å²) >= 11 is 1.71. The van der Waals surface area contributed by atoms with Crippen LogP contribution >= 0.6 is 11.3 Å². The van der Waals surface area contributed by atoms with Gasteiger partial charge in [0.2, 0.25) is 0 Å². The molecule has 2 rings (SSSR count). The summed E-state index contributed by atoms with van der Waals surface area (Å²) in [6.07, 6.45) is 4.22. The standard InChI is InChI=1S/C14H21N3OS/c1-2-3-6-17(7-8-18)11-12-10-15-16-14(12)13-5-4-9-19-13/h4-5,9-10,18H,2-3,6-8,11H2,1H3,(H,15,16). The maximum Gasteiger partial charge on any atom is 0.0794 e. The van der Waals surface area contributed by atoms with Crippen LogP contribution in [0.1, 0.15) is 25.3 Å². The molecule has 0 atom stereocenters. The molecule has 0 spiro atoms. The van der Waals surface area contributed by atoms with Crippen molar-refractivity contribution in [2.45, 2.75) is 26.3 Å². The molecule has 4 nitrogen and oxygen atoms in total. The van der Waals surface area contributed by atoms with Gasteiger partial charge in [0.15, 0.2) is 0 Å². The topological polar surface area (TPSA) is 52.1 Å². The molecule has 2 aromatic rings. The predicted octanol–water partition coefficient (Wildman–Crippen LogP) is 2.73. The van der Waals surface area contributed by atoms with E-state index in [2.05, 4.69) is 33.5 Å². The van der Waals surface area contributed by atoms with Crippen LogP contribution in [0.25, 0.3) is 10.6 Å². The van der Waals surface area contributed by atoms with Crippen molar-refractivity contribution in [3.63, 3.8) is 0 Å². The fourth-order valence-electron chi connectivity index (χ4n) is 2.10. The second-order valence-electron chi connectivity index (χ2n) is 4.60. The fourth-order valence-corrected chi connectivity index (χ4v) is 2.85. The monoisotopic (exact) mass is 279 g/mol. The summed E-state index contributed by atoms with van der Waals surface area (Å²) < 4.78 is 0. The minimum Gasteiger partial charge on any atom is -0.395 e. The minimum absolute atomic E-state index is 0.204. The van der Waals surface area contributed by atoms with Gasteiger partial charge in [-0.1, -0.05) is 19.4 Å². The van der Waals surface area contributed by atoms with Crippen molar-refractivity contribution in [3.05, 3.63) is 29.3 Å². The normalized spacial score (nSPS) is 11.3. The number of aliphatic hydroxyl groups is 1. The Labute approximate surface area is 118 Å². The van der Waals surface area contributed by atoms with Gasteiger partial charge in [-0.05, 0) is 24.4 Å². The summed E-state index contributed by atoms with van der Waals surface area (Å²) in [7, 11) is 0. The number of hydrogen-bond donors (Lipinski definition) is 2. The lowest BCUT2D eigenvalue weighted by molar-refractivity contribution is 0.188. The molecule has 19 heavy (non-hydrogen) atoms. The average Bonchev–Trinajstić information content (AvgIpc) is 3.06. The van der Waals surface area contributed by atoms with E-state index in [1.54, 1.807) is 11.3 Å². The molecule has 0 radical (unpaired) electrons. The van der Waals surface area contributed by atoms with E-state index in [4.69, 9.17) is 5.11 Å². The molecule has 0 amide bonds. The van der Waals surface area contributed by atoms with Gasteiger partial charge in [0.1, 0.15) is 0 Å². The zero-order chi connectivity index (χ0) is 13.5. The quantitative estimate of drug-likeness (QED) is 0.781. The molecule has 0 saturated heterocycles. The molecular weight excluding hydrogens is 258 g/mol. The van der Waals surface area contributed by atoms with Gasteiger partial charge >= 0.3 is 0 Å². The fraction of sp³-hybridized carbons (Fsp3) is 0.500. The van der Waals surface area contributed by atoms with Gasteiger partial charge in [0.25, 0.3) is 0 Å². The average molecular weight is 279 g/mol. The van der Waals surface area contributed by atoms with Crippen LogP contribution in [0.15, 0.2) is 23.7 Å². The molecule has 0 aromatic carbocycles. The van der Waals surface area contributed by atoms with Gasteiger partial charge in [0, 0.05) is 18.7 Å². The Morgan fingerprint density at radius 1 is 1.42 bits per heavy atom. The van der Waals surface area contributed by atoms with Gasteiger partial charge in [-0.25, -0.2) is 0 Å². The lowest BCUT2D eigenvalue weighted by atomic mass is 10.2. The molecule has 0 unspecified atom stereocenters. The Morgan fingerprint density at radius 3 is 3.00 bits per heavy atom. The van der Waals surface area contributed by atoms with E-state index in [1.807, 2.05) is 12.3 Å². The van der Waals surface area contributed by atoms with Crippen molar-refractivity contribution in [1.82, 2.24) is 15.1 Å². The number of aromatic amines is 1. The van der Waals surface area contributed by atoms with Gasteiger partial charge in [-0.2, -0.15) is 5.10 Å². The summed E-state index contributed by atoms with van der Waals surface area (Å²) in [4.78, 5) is 3.50. The highest BCUT2D eigenvalue weighted by Crippen LogP contribution is 2.26. The molecule has 2 aromatic heterocycles.